The molecule has 3 heteroatoms. The SMILES string of the molecule is O[C@H](c1ccccc1)C([C@H](O)c1ccccc1)[C@H](O)c1ccccc1. The molecule has 0 fully saturated rings. The van der Waals surface area contributed by atoms with Gasteiger partial charge in [0.25, 0.3) is 0 Å². The Kier molecular flexibility index (Phi) is 5.61. The largest absolute Gasteiger partial charge is 0.388 e. The Labute approximate surface area is 147 Å². The van der Waals surface area contributed by atoms with E-state index in [0.717, 1.165) is 0 Å². The van der Waals surface area contributed by atoms with Gasteiger partial charge in [-0.3, -0.25) is 0 Å². The molecule has 0 amide bonds. The Morgan fingerprint density at radius 3 is 0.880 bits per heavy atom. The van der Waals surface area contributed by atoms with E-state index in [2.05, 4.69) is 0 Å². The average Bonchev–Trinajstić information content (AvgIpc) is 2.70. The molecule has 3 nitrogen and oxygen atoms in total. The first-order chi connectivity index (χ1) is 12.2. The Morgan fingerprint density at radius 2 is 0.640 bits per heavy atom. The van der Waals surface area contributed by atoms with Crippen molar-refractivity contribution in [2.24, 2.45) is 5.92 Å². The minimum atomic E-state index is -1.01. The van der Waals surface area contributed by atoms with Gasteiger partial charge in [-0.05, 0) is 16.7 Å². The van der Waals surface area contributed by atoms with Crippen LogP contribution in [0.2, 0.25) is 0 Å². The zero-order valence-electron chi connectivity index (χ0n) is 13.8. The molecule has 0 aliphatic rings. The lowest BCUT2D eigenvalue weighted by atomic mass is 9.81. The van der Waals surface area contributed by atoms with Crippen LogP contribution in [-0.2, 0) is 0 Å². The molecule has 0 radical (unpaired) electrons. The summed E-state index contributed by atoms with van der Waals surface area (Å²) in [7, 11) is 0. The molecule has 0 saturated carbocycles. The molecule has 0 heterocycles. The molecule has 128 valence electrons. The second-order valence-electron chi connectivity index (χ2n) is 6.14. The van der Waals surface area contributed by atoms with E-state index in [0.29, 0.717) is 16.7 Å². The number of hydrogen-bond donors (Lipinski definition) is 3. The van der Waals surface area contributed by atoms with E-state index >= 15 is 0 Å². The van der Waals surface area contributed by atoms with Crippen LogP contribution >= 0.6 is 0 Å². The first-order valence-corrected chi connectivity index (χ1v) is 8.37. The lowest BCUT2D eigenvalue weighted by Gasteiger charge is -2.32. The van der Waals surface area contributed by atoms with Gasteiger partial charge in [-0.15, -0.1) is 0 Å². The van der Waals surface area contributed by atoms with Crippen LogP contribution in [0.3, 0.4) is 0 Å². The number of aliphatic hydroxyl groups excluding tert-OH is 3. The van der Waals surface area contributed by atoms with Crippen LogP contribution in [0.15, 0.2) is 91.0 Å². The smallest absolute Gasteiger partial charge is 0.0874 e. The van der Waals surface area contributed by atoms with Crippen LogP contribution in [0, 0.1) is 5.92 Å². The summed E-state index contributed by atoms with van der Waals surface area (Å²) in [5, 5.41) is 32.8. The third-order valence-corrected chi connectivity index (χ3v) is 4.52. The van der Waals surface area contributed by atoms with Crippen molar-refractivity contribution in [3.63, 3.8) is 0 Å². The highest BCUT2D eigenvalue weighted by atomic mass is 16.3. The fraction of sp³-hybridized carbons (Fsp3) is 0.182. The number of benzene rings is 3. The van der Waals surface area contributed by atoms with Gasteiger partial charge in [-0.25, -0.2) is 0 Å². The minimum Gasteiger partial charge on any atom is -0.388 e. The van der Waals surface area contributed by atoms with Crippen molar-refractivity contribution in [3.8, 4) is 0 Å². The summed E-state index contributed by atoms with van der Waals surface area (Å²) in [6.45, 7) is 0. The maximum atomic E-state index is 10.9. The van der Waals surface area contributed by atoms with Crippen LogP contribution in [0.4, 0.5) is 0 Å². The second kappa shape index (κ2) is 8.08. The van der Waals surface area contributed by atoms with Crippen molar-refractivity contribution in [2.45, 2.75) is 18.3 Å². The summed E-state index contributed by atoms with van der Waals surface area (Å²) in [5.41, 5.74) is 1.99. The molecule has 0 aliphatic carbocycles. The number of hydrogen-bond acceptors (Lipinski definition) is 3. The molecular weight excluding hydrogens is 312 g/mol. The van der Waals surface area contributed by atoms with Crippen molar-refractivity contribution in [1.29, 1.82) is 0 Å². The molecule has 3 atom stereocenters. The fourth-order valence-corrected chi connectivity index (χ4v) is 3.14. The molecule has 25 heavy (non-hydrogen) atoms. The Hall–Kier alpha value is -2.46. The van der Waals surface area contributed by atoms with Gasteiger partial charge in [-0.1, -0.05) is 91.0 Å². The minimum absolute atomic E-state index is 0.664. The summed E-state index contributed by atoms with van der Waals surface area (Å²) in [6.07, 6.45) is -3.02. The van der Waals surface area contributed by atoms with Crippen molar-refractivity contribution < 1.29 is 15.3 Å². The highest BCUT2D eigenvalue weighted by molar-refractivity contribution is 5.26. The van der Waals surface area contributed by atoms with Crippen LogP contribution < -0.4 is 0 Å². The predicted molar refractivity (Wildman–Crippen MR) is 97.7 cm³/mol. The van der Waals surface area contributed by atoms with Gasteiger partial charge in [0, 0.05) is 5.92 Å². The summed E-state index contributed by atoms with van der Waals surface area (Å²) in [4.78, 5) is 0. The third kappa shape index (κ3) is 3.97. The first-order valence-electron chi connectivity index (χ1n) is 8.37. The van der Waals surface area contributed by atoms with E-state index in [9.17, 15) is 15.3 Å². The predicted octanol–water partition coefficient (Wildman–Crippen LogP) is 3.80. The Bertz CT molecular complexity index is 651. The lowest BCUT2D eigenvalue weighted by Crippen LogP contribution is -2.27. The molecule has 0 aliphatic heterocycles. The summed E-state index contributed by atoms with van der Waals surface area (Å²) in [5.74, 6) is -0.799. The highest BCUT2D eigenvalue weighted by Gasteiger charge is 2.36. The average molecular weight is 334 g/mol. The number of aliphatic hydroxyl groups is 3. The van der Waals surface area contributed by atoms with E-state index in [-0.39, 0.29) is 0 Å². The Morgan fingerprint density at radius 1 is 0.400 bits per heavy atom. The fourth-order valence-electron chi connectivity index (χ4n) is 3.14. The zero-order chi connectivity index (χ0) is 17.6. The maximum absolute atomic E-state index is 10.9. The van der Waals surface area contributed by atoms with Gasteiger partial charge in [0.15, 0.2) is 0 Å². The number of rotatable bonds is 6. The van der Waals surface area contributed by atoms with E-state index in [1.165, 1.54) is 0 Å². The van der Waals surface area contributed by atoms with E-state index < -0.39 is 24.2 Å². The zero-order valence-corrected chi connectivity index (χ0v) is 13.8. The molecule has 0 aromatic heterocycles. The molecule has 0 unspecified atom stereocenters. The molecule has 3 aromatic rings. The van der Waals surface area contributed by atoms with E-state index in [4.69, 9.17) is 0 Å². The van der Waals surface area contributed by atoms with E-state index in [1.54, 1.807) is 36.4 Å². The quantitative estimate of drug-likeness (QED) is 0.642. The van der Waals surface area contributed by atoms with Gasteiger partial charge < -0.3 is 15.3 Å². The van der Waals surface area contributed by atoms with Gasteiger partial charge in [0.2, 0.25) is 0 Å². The lowest BCUT2D eigenvalue weighted by molar-refractivity contribution is -0.0621. The summed E-state index contributed by atoms with van der Waals surface area (Å²) in [6, 6.07) is 27.4. The molecule has 3 rings (SSSR count). The molecule has 0 saturated heterocycles. The normalized spacial score (nSPS) is 14.9. The standard InChI is InChI=1S/C22H22O3/c23-20(16-10-4-1-5-11-16)19(21(24)17-12-6-2-7-13-17)22(25)18-14-8-3-9-15-18/h1-15,19-25H/t20-,21-,22-/m1/s1. The third-order valence-electron chi connectivity index (χ3n) is 4.52. The van der Waals surface area contributed by atoms with Crippen LogP contribution in [0.25, 0.3) is 0 Å². The molecular formula is C22H22O3. The molecule has 0 bridgehead atoms. The van der Waals surface area contributed by atoms with Crippen LogP contribution in [0.5, 0.6) is 0 Å². The van der Waals surface area contributed by atoms with Gasteiger partial charge in [0.05, 0.1) is 18.3 Å². The highest BCUT2D eigenvalue weighted by Crippen LogP contribution is 2.41. The molecule has 3 N–H and O–H groups in total. The monoisotopic (exact) mass is 334 g/mol. The maximum Gasteiger partial charge on any atom is 0.0874 e. The van der Waals surface area contributed by atoms with Crippen LogP contribution in [-0.4, -0.2) is 15.3 Å². The van der Waals surface area contributed by atoms with Crippen molar-refractivity contribution >= 4 is 0 Å². The van der Waals surface area contributed by atoms with Gasteiger partial charge >= 0.3 is 0 Å². The van der Waals surface area contributed by atoms with Gasteiger partial charge in [-0.2, -0.15) is 0 Å². The van der Waals surface area contributed by atoms with Crippen molar-refractivity contribution in [3.05, 3.63) is 108 Å². The topological polar surface area (TPSA) is 60.7 Å². The summed E-state index contributed by atoms with van der Waals surface area (Å²) < 4.78 is 0. The van der Waals surface area contributed by atoms with Crippen molar-refractivity contribution in [1.82, 2.24) is 0 Å². The molecule has 3 aromatic carbocycles. The molecule has 0 spiro atoms. The second-order valence-corrected chi connectivity index (χ2v) is 6.14. The van der Waals surface area contributed by atoms with Gasteiger partial charge in [0.1, 0.15) is 0 Å². The van der Waals surface area contributed by atoms with E-state index in [1.807, 2.05) is 54.6 Å². The van der Waals surface area contributed by atoms with Crippen molar-refractivity contribution in [2.75, 3.05) is 0 Å². The summed E-state index contributed by atoms with van der Waals surface area (Å²) >= 11 is 0. The van der Waals surface area contributed by atoms with Crippen LogP contribution in [0.1, 0.15) is 35.0 Å². The Balaban J connectivity index is 1.99. The first kappa shape index (κ1) is 17.4.